The summed E-state index contributed by atoms with van der Waals surface area (Å²) in [6.45, 7) is 2.04. The van der Waals surface area contributed by atoms with Gasteiger partial charge in [0.25, 0.3) is 5.91 Å². The zero-order valence-corrected chi connectivity index (χ0v) is 12.0. The number of pyridine rings is 1. The number of nitrogens with zero attached hydrogens (tertiary/aromatic N) is 2. The second-order valence-corrected chi connectivity index (χ2v) is 5.31. The third kappa shape index (κ3) is 3.49. The van der Waals surface area contributed by atoms with E-state index in [1.807, 2.05) is 20.2 Å². The van der Waals surface area contributed by atoms with Crippen molar-refractivity contribution < 1.29 is 4.79 Å². The lowest BCUT2D eigenvalue weighted by atomic mass is 10.2. The van der Waals surface area contributed by atoms with Crippen LogP contribution in [0, 0.1) is 0 Å². The number of halogens is 1. The van der Waals surface area contributed by atoms with E-state index in [0.29, 0.717) is 5.56 Å². The van der Waals surface area contributed by atoms with Crippen LogP contribution in [0.4, 0.5) is 0 Å². The van der Waals surface area contributed by atoms with E-state index in [4.69, 9.17) is 0 Å². The summed E-state index contributed by atoms with van der Waals surface area (Å²) >= 11 is 4.98. The molecule has 1 atom stereocenters. The van der Waals surface area contributed by atoms with Gasteiger partial charge in [0.2, 0.25) is 0 Å². The van der Waals surface area contributed by atoms with Crippen LogP contribution in [-0.2, 0) is 0 Å². The van der Waals surface area contributed by atoms with Gasteiger partial charge < -0.3 is 4.90 Å². The highest BCUT2D eigenvalue weighted by Crippen LogP contribution is 2.11. The highest BCUT2D eigenvalue weighted by molar-refractivity contribution is 9.10. The molecular formula is C11H15BrN2OS. The highest BCUT2D eigenvalue weighted by Gasteiger charge is 2.17. The van der Waals surface area contributed by atoms with Crippen LogP contribution >= 0.6 is 27.7 Å². The van der Waals surface area contributed by atoms with Gasteiger partial charge in [0.05, 0.1) is 5.56 Å². The molecule has 5 heteroatoms. The van der Waals surface area contributed by atoms with Crippen molar-refractivity contribution in [2.45, 2.75) is 13.0 Å². The molecule has 1 amide bonds. The number of thioether (sulfide) groups is 1. The smallest absolute Gasteiger partial charge is 0.255 e. The van der Waals surface area contributed by atoms with E-state index in [0.717, 1.165) is 10.4 Å². The Labute approximate surface area is 109 Å². The number of rotatable bonds is 4. The first-order valence-electron chi connectivity index (χ1n) is 4.94. The van der Waals surface area contributed by atoms with Crippen molar-refractivity contribution in [3.05, 3.63) is 28.5 Å². The molecule has 0 N–H and O–H groups in total. The SMILES string of the molecule is CSCC(C)N(C)C(=O)c1ccc(Br)nc1. The Morgan fingerprint density at radius 2 is 2.31 bits per heavy atom. The summed E-state index contributed by atoms with van der Waals surface area (Å²) in [5, 5.41) is 0. The van der Waals surface area contributed by atoms with Crippen LogP contribution in [0.3, 0.4) is 0 Å². The molecule has 0 bridgehead atoms. The van der Waals surface area contributed by atoms with E-state index in [2.05, 4.69) is 20.9 Å². The van der Waals surface area contributed by atoms with Crippen molar-refractivity contribution in [3.8, 4) is 0 Å². The average molecular weight is 303 g/mol. The molecular weight excluding hydrogens is 288 g/mol. The second-order valence-electron chi connectivity index (χ2n) is 3.59. The van der Waals surface area contributed by atoms with Crippen molar-refractivity contribution in [1.82, 2.24) is 9.88 Å². The maximum atomic E-state index is 12.0. The minimum atomic E-state index is 0.0153. The Balaban J connectivity index is 2.73. The summed E-state index contributed by atoms with van der Waals surface area (Å²) in [5.74, 6) is 0.952. The fourth-order valence-corrected chi connectivity index (χ4v) is 2.20. The third-order valence-electron chi connectivity index (χ3n) is 2.36. The molecule has 16 heavy (non-hydrogen) atoms. The molecule has 0 radical (unpaired) electrons. The molecule has 0 saturated carbocycles. The van der Waals surface area contributed by atoms with Crippen molar-refractivity contribution >= 4 is 33.6 Å². The Hall–Kier alpha value is -0.550. The van der Waals surface area contributed by atoms with Crippen LogP contribution in [0.5, 0.6) is 0 Å². The summed E-state index contributed by atoms with van der Waals surface area (Å²) in [5.41, 5.74) is 0.624. The second kappa shape index (κ2) is 6.25. The minimum absolute atomic E-state index is 0.0153. The fourth-order valence-electron chi connectivity index (χ4n) is 1.26. The third-order valence-corrected chi connectivity index (χ3v) is 3.65. The van der Waals surface area contributed by atoms with Gasteiger partial charge in [0.15, 0.2) is 0 Å². The van der Waals surface area contributed by atoms with E-state index < -0.39 is 0 Å². The Kier molecular flexibility index (Phi) is 5.28. The van der Waals surface area contributed by atoms with Gasteiger partial charge in [0.1, 0.15) is 4.60 Å². The van der Waals surface area contributed by atoms with Crippen LogP contribution in [0.15, 0.2) is 22.9 Å². The van der Waals surface area contributed by atoms with Crippen LogP contribution in [0.1, 0.15) is 17.3 Å². The highest BCUT2D eigenvalue weighted by atomic mass is 79.9. The van der Waals surface area contributed by atoms with E-state index in [1.165, 1.54) is 0 Å². The van der Waals surface area contributed by atoms with E-state index in [-0.39, 0.29) is 11.9 Å². The van der Waals surface area contributed by atoms with Gasteiger partial charge in [-0.25, -0.2) is 4.98 Å². The van der Waals surface area contributed by atoms with E-state index >= 15 is 0 Å². The maximum absolute atomic E-state index is 12.0. The average Bonchev–Trinajstić information content (AvgIpc) is 2.28. The Morgan fingerprint density at radius 1 is 1.62 bits per heavy atom. The summed E-state index contributed by atoms with van der Waals surface area (Å²) in [4.78, 5) is 17.8. The van der Waals surface area contributed by atoms with Crippen molar-refractivity contribution in [2.24, 2.45) is 0 Å². The van der Waals surface area contributed by atoms with Gasteiger partial charge in [-0.3, -0.25) is 4.79 Å². The number of carbonyl (C=O) groups excluding carboxylic acids is 1. The lowest BCUT2D eigenvalue weighted by Crippen LogP contribution is -2.36. The molecule has 88 valence electrons. The molecule has 0 spiro atoms. The summed E-state index contributed by atoms with van der Waals surface area (Å²) in [7, 11) is 1.82. The molecule has 0 aliphatic rings. The summed E-state index contributed by atoms with van der Waals surface area (Å²) in [6.07, 6.45) is 3.63. The largest absolute Gasteiger partial charge is 0.338 e. The molecule has 0 aliphatic carbocycles. The van der Waals surface area contributed by atoms with Crippen molar-refractivity contribution in [3.63, 3.8) is 0 Å². The Morgan fingerprint density at radius 3 is 2.81 bits per heavy atom. The van der Waals surface area contributed by atoms with Crippen molar-refractivity contribution in [2.75, 3.05) is 19.1 Å². The normalized spacial score (nSPS) is 12.2. The number of hydrogen-bond acceptors (Lipinski definition) is 3. The number of carbonyl (C=O) groups is 1. The van der Waals surface area contributed by atoms with E-state index in [1.54, 1.807) is 35.0 Å². The van der Waals surface area contributed by atoms with Crippen LogP contribution in [-0.4, -0.2) is 40.9 Å². The Bertz CT molecular complexity index is 356. The van der Waals surface area contributed by atoms with Crippen LogP contribution < -0.4 is 0 Å². The van der Waals surface area contributed by atoms with Crippen LogP contribution in [0.25, 0.3) is 0 Å². The molecule has 0 aliphatic heterocycles. The number of aromatic nitrogens is 1. The molecule has 0 saturated heterocycles. The molecule has 1 heterocycles. The molecule has 1 unspecified atom stereocenters. The number of amides is 1. The van der Waals surface area contributed by atoms with Gasteiger partial charge in [-0.1, -0.05) is 0 Å². The molecule has 1 rings (SSSR count). The zero-order valence-electron chi connectivity index (χ0n) is 9.61. The molecule has 3 nitrogen and oxygen atoms in total. The van der Waals surface area contributed by atoms with Gasteiger partial charge >= 0.3 is 0 Å². The molecule has 1 aromatic heterocycles. The van der Waals surface area contributed by atoms with Gasteiger partial charge in [-0.05, 0) is 41.2 Å². The summed E-state index contributed by atoms with van der Waals surface area (Å²) < 4.78 is 0.740. The van der Waals surface area contributed by atoms with Gasteiger partial charge in [-0.2, -0.15) is 11.8 Å². The standard InChI is InChI=1S/C11H15BrN2OS/c1-8(7-16-3)14(2)11(15)9-4-5-10(12)13-6-9/h4-6,8H,7H2,1-3H3. The lowest BCUT2D eigenvalue weighted by molar-refractivity contribution is 0.0757. The minimum Gasteiger partial charge on any atom is -0.338 e. The first-order valence-corrected chi connectivity index (χ1v) is 7.12. The van der Waals surface area contributed by atoms with Crippen LogP contribution in [0.2, 0.25) is 0 Å². The molecule has 1 aromatic rings. The lowest BCUT2D eigenvalue weighted by Gasteiger charge is -2.24. The zero-order chi connectivity index (χ0) is 12.1. The topological polar surface area (TPSA) is 33.2 Å². The fraction of sp³-hybridized carbons (Fsp3) is 0.455. The quantitative estimate of drug-likeness (QED) is 0.802. The van der Waals surface area contributed by atoms with Crippen molar-refractivity contribution in [1.29, 1.82) is 0 Å². The van der Waals surface area contributed by atoms with E-state index in [9.17, 15) is 4.79 Å². The van der Waals surface area contributed by atoms with Gasteiger partial charge in [-0.15, -0.1) is 0 Å². The first kappa shape index (κ1) is 13.5. The monoisotopic (exact) mass is 302 g/mol. The van der Waals surface area contributed by atoms with Gasteiger partial charge in [0, 0.05) is 25.0 Å². The first-order chi connectivity index (χ1) is 7.56. The summed E-state index contributed by atoms with van der Waals surface area (Å²) in [6, 6.07) is 3.79. The maximum Gasteiger partial charge on any atom is 0.255 e. The number of hydrogen-bond donors (Lipinski definition) is 0. The molecule has 0 aromatic carbocycles. The predicted octanol–water partition coefficient (Wildman–Crippen LogP) is 2.67. The predicted molar refractivity (Wildman–Crippen MR) is 71.9 cm³/mol. The molecule has 0 fully saturated rings.